The standard InChI is InChI=1S/C25H32N4O3/c1-26-25(29-15-13-28(14-16-29)24(30)23-8-5-17-31-23)27-18-20-9-11-22(12-10-20)32-19-21-6-3-2-4-7-21/h2-4,6-7,9-12,23H,5,8,13-19H2,1H3,(H,26,27). The summed E-state index contributed by atoms with van der Waals surface area (Å²) in [5.41, 5.74) is 2.31. The third-order valence-corrected chi connectivity index (χ3v) is 5.93. The molecule has 2 aromatic carbocycles. The summed E-state index contributed by atoms with van der Waals surface area (Å²) in [4.78, 5) is 21.1. The molecule has 170 valence electrons. The van der Waals surface area contributed by atoms with Gasteiger partial charge in [-0.1, -0.05) is 42.5 Å². The van der Waals surface area contributed by atoms with Crippen LogP contribution in [0.1, 0.15) is 24.0 Å². The lowest BCUT2D eigenvalue weighted by atomic mass is 10.2. The third-order valence-electron chi connectivity index (χ3n) is 5.93. The molecule has 2 heterocycles. The molecule has 1 amide bonds. The van der Waals surface area contributed by atoms with Crippen molar-refractivity contribution in [2.24, 2.45) is 4.99 Å². The molecule has 0 aromatic heterocycles. The van der Waals surface area contributed by atoms with Crippen molar-refractivity contribution in [2.45, 2.75) is 32.1 Å². The van der Waals surface area contributed by atoms with E-state index in [1.54, 1.807) is 7.05 Å². The normalized spacial score (nSPS) is 19.2. The van der Waals surface area contributed by atoms with Crippen LogP contribution in [0.2, 0.25) is 0 Å². The Hall–Kier alpha value is -3.06. The lowest BCUT2D eigenvalue weighted by Crippen LogP contribution is -2.55. The maximum absolute atomic E-state index is 12.5. The molecule has 0 spiro atoms. The van der Waals surface area contributed by atoms with Crippen molar-refractivity contribution in [3.8, 4) is 5.75 Å². The van der Waals surface area contributed by atoms with Gasteiger partial charge in [0.15, 0.2) is 5.96 Å². The Labute approximate surface area is 190 Å². The molecule has 1 N–H and O–H groups in total. The van der Waals surface area contributed by atoms with Gasteiger partial charge in [-0.2, -0.15) is 0 Å². The van der Waals surface area contributed by atoms with Gasteiger partial charge in [0.05, 0.1) is 0 Å². The molecule has 2 saturated heterocycles. The maximum Gasteiger partial charge on any atom is 0.251 e. The molecular weight excluding hydrogens is 404 g/mol. The molecule has 32 heavy (non-hydrogen) atoms. The van der Waals surface area contributed by atoms with Gasteiger partial charge in [-0.15, -0.1) is 0 Å². The molecule has 0 bridgehead atoms. The van der Waals surface area contributed by atoms with Crippen molar-refractivity contribution < 1.29 is 14.3 Å². The summed E-state index contributed by atoms with van der Waals surface area (Å²) >= 11 is 0. The number of hydrogen-bond acceptors (Lipinski definition) is 4. The van der Waals surface area contributed by atoms with E-state index < -0.39 is 0 Å². The average Bonchev–Trinajstić information content (AvgIpc) is 3.40. The smallest absolute Gasteiger partial charge is 0.251 e. The molecular formula is C25H32N4O3. The highest BCUT2D eigenvalue weighted by Gasteiger charge is 2.30. The predicted molar refractivity (Wildman–Crippen MR) is 125 cm³/mol. The molecule has 4 rings (SSSR count). The summed E-state index contributed by atoms with van der Waals surface area (Å²) < 4.78 is 11.4. The van der Waals surface area contributed by atoms with Crippen LogP contribution in [0.15, 0.2) is 59.6 Å². The molecule has 0 saturated carbocycles. The number of nitrogens with one attached hydrogen (secondary N) is 1. The number of guanidine groups is 1. The number of rotatable bonds is 6. The molecule has 7 nitrogen and oxygen atoms in total. The van der Waals surface area contributed by atoms with E-state index in [1.165, 1.54) is 0 Å². The van der Waals surface area contributed by atoms with Gasteiger partial charge >= 0.3 is 0 Å². The van der Waals surface area contributed by atoms with Crippen molar-refractivity contribution >= 4 is 11.9 Å². The Morgan fingerprint density at radius 2 is 1.75 bits per heavy atom. The summed E-state index contributed by atoms with van der Waals surface area (Å²) in [6.45, 7) is 4.88. The molecule has 2 aliphatic heterocycles. The second-order valence-corrected chi connectivity index (χ2v) is 8.13. The van der Waals surface area contributed by atoms with Crippen molar-refractivity contribution in [3.63, 3.8) is 0 Å². The fourth-order valence-corrected chi connectivity index (χ4v) is 4.07. The first-order chi connectivity index (χ1) is 15.7. The van der Waals surface area contributed by atoms with Crippen molar-refractivity contribution in [1.29, 1.82) is 0 Å². The number of ether oxygens (including phenoxy) is 2. The molecule has 1 unspecified atom stereocenters. The van der Waals surface area contributed by atoms with Crippen molar-refractivity contribution in [1.82, 2.24) is 15.1 Å². The molecule has 1 atom stereocenters. The van der Waals surface area contributed by atoms with Crippen LogP contribution < -0.4 is 10.1 Å². The molecule has 2 aliphatic rings. The zero-order valence-electron chi connectivity index (χ0n) is 18.7. The molecule has 2 aromatic rings. The van der Waals surface area contributed by atoms with Crippen LogP contribution in [-0.2, 0) is 22.7 Å². The molecule has 7 heteroatoms. The van der Waals surface area contributed by atoms with Crippen LogP contribution in [0.5, 0.6) is 5.75 Å². The van der Waals surface area contributed by atoms with E-state index in [2.05, 4.69) is 39.5 Å². The van der Waals surface area contributed by atoms with Gasteiger partial charge in [-0.05, 0) is 36.1 Å². The quantitative estimate of drug-likeness (QED) is 0.557. The van der Waals surface area contributed by atoms with Crippen LogP contribution >= 0.6 is 0 Å². The van der Waals surface area contributed by atoms with Crippen LogP contribution in [0.4, 0.5) is 0 Å². The summed E-state index contributed by atoms with van der Waals surface area (Å²) in [5.74, 6) is 1.85. The van der Waals surface area contributed by atoms with E-state index in [0.717, 1.165) is 48.8 Å². The minimum Gasteiger partial charge on any atom is -0.489 e. The van der Waals surface area contributed by atoms with Gasteiger partial charge in [0.1, 0.15) is 18.5 Å². The first kappa shape index (κ1) is 22.1. The van der Waals surface area contributed by atoms with Gasteiger partial charge in [-0.25, -0.2) is 0 Å². The van der Waals surface area contributed by atoms with Gasteiger partial charge in [0.2, 0.25) is 0 Å². The van der Waals surface area contributed by atoms with E-state index in [0.29, 0.717) is 32.8 Å². The number of hydrogen-bond donors (Lipinski definition) is 1. The SMILES string of the molecule is CN=C(NCc1ccc(OCc2ccccc2)cc1)N1CCN(C(=O)C2CCCO2)CC1. The number of carbonyl (C=O) groups is 1. The number of aliphatic imine (C=N–C) groups is 1. The van der Waals surface area contributed by atoms with Crippen LogP contribution in [0, 0.1) is 0 Å². The Kier molecular flexibility index (Phi) is 7.61. The first-order valence-corrected chi connectivity index (χ1v) is 11.3. The Morgan fingerprint density at radius 3 is 2.41 bits per heavy atom. The first-order valence-electron chi connectivity index (χ1n) is 11.3. The van der Waals surface area contributed by atoms with Gasteiger partial charge in [0.25, 0.3) is 5.91 Å². The average molecular weight is 437 g/mol. The Balaban J connectivity index is 1.22. The van der Waals surface area contributed by atoms with E-state index in [4.69, 9.17) is 9.47 Å². The number of nitrogens with zero attached hydrogens (tertiary/aromatic N) is 3. The second-order valence-electron chi connectivity index (χ2n) is 8.13. The van der Waals surface area contributed by atoms with Crippen molar-refractivity contribution in [2.75, 3.05) is 39.8 Å². The molecule has 0 radical (unpaired) electrons. The fraction of sp³-hybridized carbons (Fsp3) is 0.440. The third kappa shape index (κ3) is 5.79. The topological polar surface area (TPSA) is 66.4 Å². The number of amides is 1. The highest BCUT2D eigenvalue weighted by atomic mass is 16.5. The number of benzene rings is 2. The minimum atomic E-state index is -0.237. The molecule has 2 fully saturated rings. The monoisotopic (exact) mass is 436 g/mol. The second kappa shape index (κ2) is 11.0. The molecule has 0 aliphatic carbocycles. The van der Waals surface area contributed by atoms with E-state index in [-0.39, 0.29) is 12.0 Å². The largest absolute Gasteiger partial charge is 0.489 e. The predicted octanol–water partition coefficient (Wildman–Crippen LogP) is 2.66. The lowest BCUT2D eigenvalue weighted by molar-refractivity contribution is -0.142. The highest BCUT2D eigenvalue weighted by molar-refractivity contribution is 5.82. The van der Waals surface area contributed by atoms with Gasteiger partial charge in [-0.3, -0.25) is 9.79 Å². The summed E-state index contributed by atoms with van der Waals surface area (Å²) in [6, 6.07) is 18.3. The van der Waals surface area contributed by atoms with E-state index in [1.807, 2.05) is 35.2 Å². The number of carbonyl (C=O) groups excluding carboxylic acids is 1. The zero-order chi connectivity index (χ0) is 22.2. The summed E-state index contributed by atoms with van der Waals surface area (Å²) in [5, 5.41) is 3.44. The van der Waals surface area contributed by atoms with Crippen LogP contribution in [0.3, 0.4) is 0 Å². The van der Waals surface area contributed by atoms with E-state index in [9.17, 15) is 4.79 Å². The van der Waals surface area contributed by atoms with E-state index >= 15 is 0 Å². The minimum absolute atomic E-state index is 0.139. The Morgan fingerprint density at radius 1 is 1.03 bits per heavy atom. The fourth-order valence-electron chi connectivity index (χ4n) is 4.07. The Bertz CT molecular complexity index is 887. The van der Waals surface area contributed by atoms with Gasteiger partial charge in [0, 0.05) is 46.4 Å². The zero-order valence-corrected chi connectivity index (χ0v) is 18.7. The van der Waals surface area contributed by atoms with Crippen LogP contribution in [0.25, 0.3) is 0 Å². The van der Waals surface area contributed by atoms with Crippen molar-refractivity contribution in [3.05, 3.63) is 65.7 Å². The summed E-state index contributed by atoms with van der Waals surface area (Å²) in [7, 11) is 1.80. The lowest BCUT2D eigenvalue weighted by Gasteiger charge is -2.37. The highest BCUT2D eigenvalue weighted by Crippen LogP contribution is 2.17. The number of piperazine rings is 1. The van der Waals surface area contributed by atoms with Gasteiger partial charge < -0.3 is 24.6 Å². The van der Waals surface area contributed by atoms with Crippen LogP contribution in [-0.4, -0.2) is 67.6 Å². The summed E-state index contributed by atoms with van der Waals surface area (Å²) in [6.07, 6.45) is 1.59. The maximum atomic E-state index is 12.5.